The Morgan fingerprint density at radius 3 is 2.71 bits per heavy atom. The first-order valence-corrected chi connectivity index (χ1v) is 10.4. The fourth-order valence-corrected chi connectivity index (χ4v) is 3.70. The minimum atomic E-state index is -0.517. The molecule has 3 aromatic rings. The molecule has 1 atom stereocenters. The highest BCUT2D eigenvalue weighted by atomic mass is 16.6. The van der Waals surface area contributed by atoms with Gasteiger partial charge in [0.1, 0.15) is 0 Å². The third-order valence-electron chi connectivity index (χ3n) is 5.75. The van der Waals surface area contributed by atoms with Gasteiger partial charge in [0.25, 0.3) is 5.89 Å². The molecule has 0 bridgehead atoms. The number of carbonyl (C=O) groups excluding carboxylic acids is 2. The SMILES string of the molecule is CCc1ccc(-c2noc(COC(=O)[C@H]3CC(=O)N(c4cccc(C)c4C)C3)n2)cc1. The molecule has 2 aromatic carbocycles. The van der Waals surface area contributed by atoms with E-state index in [0.717, 1.165) is 28.8 Å². The summed E-state index contributed by atoms with van der Waals surface area (Å²) >= 11 is 0. The number of amides is 1. The molecular weight excluding hydrogens is 394 g/mol. The molecule has 31 heavy (non-hydrogen) atoms. The summed E-state index contributed by atoms with van der Waals surface area (Å²) in [7, 11) is 0. The maximum absolute atomic E-state index is 12.5. The van der Waals surface area contributed by atoms with Crippen LogP contribution in [0.2, 0.25) is 0 Å². The van der Waals surface area contributed by atoms with Gasteiger partial charge in [-0.3, -0.25) is 9.59 Å². The number of anilines is 1. The summed E-state index contributed by atoms with van der Waals surface area (Å²) in [5.41, 5.74) is 5.05. The van der Waals surface area contributed by atoms with Crippen molar-refractivity contribution in [2.24, 2.45) is 5.92 Å². The van der Waals surface area contributed by atoms with Crippen molar-refractivity contribution in [2.45, 2.75) is 40.2 Å². The number of rotatable bonds is 6. The van der Waals surface area contributed by atoms with Crippen molar-refractivity contribution < 1.29 is 18.8 Å². The van der Waals surface area contributed by atoms with Gasteiger partial charge in [0.05, 0.1) is 5.92 Å². The van der Waals surface area contributed by atoms with Crippen LogP contribution in [0, 0.1) is 19.8 Å². The summed E-state index contributed by atoms with van der Waals surface area (Å²) in [6.07, 6.45) is 1.09. The topological polar surface area (TPSA) is 85.5 Å². The van der Waals surface area contributed by atoms with Crippen LogP contribution in [0.5, 0.6) is 0 Å². The summed E-state index contributed by atoms with van der Waals surface area (Å²) in [6.45, 7) is 6.26. The lowest BCUT2D eigenvalue weighted by Crippen LogP contribution is -2.27. The van der Waals surface area contributed by atoms with Gasteiger partial charge in [-0.2, -0.15) is 4.98 Å². The molecule has 2 heterocycles. The maximum Gasteiger partial charge on any atom is 0.311 e. The van der Waals surface area contributed by atoms with Crippen molar-refractivity contribution in [1.29, 1.82) is 0 Å². The fraction of sp³-hybridized carbons (Fsp3) is 0.333. The largest absolute Gasteiger partial charge is 0.455 e. The number of aromatic nitrogens is 2. The number of nitrogens with zero attached hydrogens (tertiary/aromatic N) is 3. The zero-order valence-corrected chi connectivity index (χ0v) is 17.9. The lowest BCUT2D eigenvalue weighted by Gasteiger charge is -2.20. The van der Waals surface area contributed by atoms with Gasteiger partial charge >= 0.3 is 5.97 Å². The van der Waals surface area contributed by atoms with E-state index in [1.54, 1.807) is 4.90 Å². The summed E-state index contributed by atoms with van der Waals surface area (Å²) in [6, 6.07) is 13.7. The summed E-state index contributed by atoms with van der Waals surface area (Å²) in [5, 5.41) is 3.96. The van der Waals surface area contributed by atoms with Gasteiger partial charge in [-0.1, -0.05) is 48.5 Å². The first-order chi connectivity index (χ1) is 15.0. The minimum Gasteiger partial charge on any atom is -0.455 e. The van der Waals surface area contributed by atoms with Crippen molar-refractivity contribution in [2.75, 3.05) is 11.4 Å². The molecule has 7 heteroatoms. The summed E-state index contributed by atoms with van der Waals surface area (Å²) in [5.74, 6) is -0.361. The Labute approximate surface area is 181 Å². The van der Waals surface area contributed by atoms with Crippen molar-refractivity contribution in [3.8, 4) is 11.4 Å². The lowest BCUT2D eigenvalue weighted by atomic mass is 10.1. The number of benzene rings is 2. The van der Waals surface area contributed by atoms with Gasteiger partial charge < -0.3 is 14.2 Å². The van der Waals surface area contributed by atoms with Crippen LogP contribution in [0.3, 0.4) is 0 Å². The van der Waals surface area contributed by atoms with Gasteiger partial charge in [0, 0.05) is 24.2 Å². The third kappa shape index (κ3) is 4.35. The van der Waals surface area contributed by atoms with Crippen LogP contribution >= 0.6 is 0 Å². The van der Waals surface area contributed by atoms with Crippen LogP contribution in [-0.2, 0) is 27.4 Å². The van der Waals surface area contributed by atoms with Gasteiger partial charge in [-0.25, -0.2) is 0 Å². The number of ether oxygens (including phenoxy) is 1. The molecule has 160 valence electrons. The highest BCUT2D eigenvalue weighted by Crippen LogP contribution is 2.30. The molecule has 0 aliphatic carbocycles. The maximum atomic E-state index is 12.5. The number of esters is 1. The van der Waals surface area contributed by atoms with E-state index in [0.29, 0.717) is 12.4 Å². The quantitative estimate of drug-likeness (QED) is 0.561. The molecule has 4 rings (SSSR count). The predicted molar refractivity (Wildman–Crippen MR) is 115 cm³/mol. The molecule has 1 aliphatic rings. The van der Waals surface area contributed by atoms with Crippen molar-refractivity contribution in [3.05, 3.63) is 65.0 Å². The molecule has 0 saturated carbocycles. The number of carbonyl (C=O) groups is 2. The fourth-order valence-electron chi connectivity index (χ4n) is 3.70. The Kier molecular flexibility index (Phi) is 5.84. The average molecular weight is 419 g/mol. The Morgan fingerprint density at radius 2 is 1.97 bits per heavy atom. The van der Waals surface area contributed by atoms with E-state index < -0.39 is 11.9 Å². The van der Waals surface area contributed by atoms with Crippen LogP contribution in [0.25, 0.3) is 11.4 Å². The predicted octanol–water partition coefficient (Wildman–Crippen LogP) is 4.01. The monoisotopic (exact) mass is 419 g/mol. The first-order valence-electron chi connectivity index (χ1n) is 10.4. The van der Waals surface area contributed by atoms with Crippen LogP contribution in [-0.4, -0.2) is 28.6 Å². The molecule has 0 radical (unpaired) electrons. The molecule has 0 unspecified atom stereocenters. The second kappa shape index (κ2) is 8.71. The van der Waals surface area contributed by atoms with Crippen LogP contribution in [0.15, 0.2) is 47.0 Å². The highest BCUT2D eigenvalue weighted by molar-refractivity contribution is 6.00. The van der Waals surface area contributed by atoms with Crippen molar-refractivity contribution >= 4 is 17.6 Å². The Morgan fingerprint density at radius 1 is 1.19 bits per heavy atom. The zero-order chi connectivity index (χ0) is 22.0. The second-order valence-electron chi connectivity index (χ2n) is 7.79. The Balaban J connectivity index is 1.36. The van der Waals surface area contributed by atoms with Crippen LogP contribution < -0.4 is 4.90 Å². The molecule has 7 nitrogen and oxygen atoms in total. The number of aryl methyl sites for hydroxylation is 2. The molecule has 1 fully saturated rings. The van der Waals surface area contributed by atoms with E-state index in [2.05, 4.69) is 17.1 Å². The molecule has 0 N–H and O–H groups in total. The van der Waals surface area contributed by atoms with Gasteiger partial charge in [0.2, 0.25) is 11.7 Å². The molecule has 1 aromatic heterocycles. The number of hydrogen-bond donors (Lipinski definition) is 0. The second-order valence-corrected chi connectivity index (χ2v) is 7.79. The molecule has 1 aliphatic heterocycles. The Bertz CT molecular complexity index is 1100. The van der Waals surface area contributed by atoms with Gasteiger partial charge in [0.15, 0.2) is 6.61 Å². The third-order valence-corrected chi connectivity index (χ3v) is 5.75. The van der Waals surface area contributed by atoms with E-state index in [-0.39, 0.29) is 24.8 Å². The Hall–Kier alpha value is -3.48. The highest BCUT2D eigenvalue weighted by Gasteiger charge is 2.37. The number of hydrogen-bond acceptors (Lipinski definition) is 6. The van der Waals surface area contributed by atoms with Crippen LogP contribution in [0.1, 0.15) is 35.9 Å². The van der Waals surface area contributed by atoms with Crippen molar-refractivity contribution in [3.63, 3.8) is 0 Å². The summed E-state index contributed by atoms with van der Waals surface area (Å²) in [4.78, 5) is 31.0. The van der Waals surface area contributed by atoms with E-state index in [1.807, 2.05) is 56.3 Å². The van der Waals surface area contributed by atoms with E-state index in [1.165, 1.54) is 5.56 Å². The standard InChI is InChI=1S/C24H25N3O4/c1-4-17-8-10-18(11-9-17)23-25-21(31-26-23)14-30-24(29)19-12-22(28)27(13-19)20-7-5-6-15(2)16(20)3/h5-11,19H,4,12-14H2,1-3H3/t19-/m0/s1. The van der Waals surface area contributed by atoms with Crippen LogP contribution in [0.4, 0.5) is 5.69 Å². The van der Waals surface area contributed by atoms with Gasteiger partial charge in [-0.05, 0) is 43.0 Å². The summed E-state index contributed by atoms with van der Waals surface area (Å²) < 4.78 is 10.6. The van der Waals surface area contributed by atoms with E-state index >= 15 is 0 Å². The van der Waals surface area contributed by atoms with Gasteiger partial charge in [-0.15, -0.1) is 0 Å². The normalized spacial score (nSPS) is 16.0. The lowest BCUT2D eigenvalue weighted by molar-refractivity contribution is -0.150. The van der Waals surface area contributed by atoms with E-state index in [4.69, 9.17) is 9.26 Å². The zero-order valence-electron chi connectivity index (χ0n) is 17.9. The van der Waals surface area contributed by atoms with Crippen molar-refractivity contribution in [1.82, 2.24) is 10.1 Å². The molecule has 1 amide bonds. The molecular formula is C24H25N3O4. The average Bonchev–Trinajstić information content (AvgIpc) is 3.41. The first kappa shape index (κ1) is 20.8. The smallest absolute Gasteiger partial charge is 0.311 e. The molecule has 1 saturated heterocycles. The molecule has 0 spiro atoms. The minimum absolute atomic E-state index is 0.0775. The van der Waals surface area contributed by atoms with E-state index in [9.17, 15) is 9.59 Å².